The van der Waals surface area contributed by atoms with Crippen LogP contribution in [0, 0.1) is 23.7 Å². The van der Waals surface area contributed by atoms with Crippen LogP contribution in [0.4, 0.5) is 4.79 Å². The van der Waals surface area contributed by atoms with E-state index in [0.717, 1.165) is 5.56 Å². The summed E-state index contributed by atoms with van der Waals surface area (Å²) in [4.78, 5) is 47.6. The maximum Gasteiger partial charge on any atom is 0.433 e. The standard InChI is InChI=1S/C43H64N2O11/c1-12-33-43(8,50)38-27(4)34(44-41(49)51-11)25(2)22-42(7,53-24-31(23-52-38)20-16-19-30-17-14-13-15-18-30)37(28(5)35(46)29(6)39(48)55-33)56-40-36(47)32(45(9)10)21-26(3)54-40/h13-20,25-29,32-33,36-38,40,47,50H,12,21-24H2,1-11H3/b19-16+,31-20-,44-34+/t25?,26-,27?,28+,29-,32+,33+,36?,37?,38?,40+,42-,43-/m1/s1. The van der Waals surface area contributed by atoms with Crippen molar-refractivity contribution in [3.8, 4) is 0 Å². The van der Waals surface area contributed by atoms with Crippen molar-refractivity contribution in [3.63, 3.8) is 0 Å². The quantitative estimate of drug-likeness (QED) is 0.279. The first-order valence-corrected chi connectivity index (χ1v) is 19.8. The van der Waals surface area contributed by atoms with E-state index < -0.39 is 83.4 Å². The molecule has 1 amide bonds. The average Bonchev–Trinajstić information content (AvgIpc) is 3.17. The number of methoxy groups -OCH3 is 1. The third kappa shape index (κ3) is 10.6. The number of amides is 1. The number of aliphatic imine (C=N–C) groups is 1. The molecule has 0 aliphatic carbocycles. The second-order valence-corrected chi connectivity index (χ2v) is 16.4. The van der Waals surface area contributed by atoms with E-state index in [2.05, 4.69) is 4.99 Å². The van der Waals surface area contributed by atoms with Gasteiger partial charge in [0.1, 0.15) is 23.7 Å². The number of rotatable bonds is 6. The number of aliphatic hydroxyl groups excluding tert-OH is 1. The second kappa shape index (κ2) is 19.4. The van der Waals surface area contributed by atoms with Crippen LogP contribution in [0.15, 0.2) is 53.0 Å². The molecular weight excluding hydrogens is 720 g/mol. The van der Waals surface area contributed by atoms with Gasteiger partial charge in [0.15, 0.2) is 12.1 Å². The summed E-state index contributed by atoms with van der Waals surface area (Å²) in [5, 5.41) is 24.0. The third-order valence-electron chi connectivity index (χ3n) is 11.7. The molecule has 13 atom stereocenters. The average molecular weight is 785 g/mol. The second-order valence-electron chi connectivity index (χ2n) is 16.4. The Balaban J connectivity index is 1.98. The zero-order valence-electron chi connectivity index (χ0n) is 35.0. The number of allylic oxidation sites excluding steroid dienone is 2. The number of cyclic esters (lactones) is 1. The van der Waals surface area contributed by atoms with Gasteiger partial charge in [-0.3, -0.25) is 9.59 Å². The predicted octanol–water partition coefficient (Wildman–Crippen LogP) is 5.41. The van der Waals surface area contributed by atoms with Crippen molar-refractivity contribution in [1.82, 2.24) is 4.90 Å². The normalized spacial score (nSPS) is 39.6. The van der Waals surface area contributed by atoms with E-state index >= 15 is 0 Å². The molecule has 4 rings (SSSR count). The number of hydrogen-bond acceptors (Lipinski definition) is 12. The molecule has 3 aliphatic rings. The van der Waals surface area contributed by atoms with E-state index in [4.69, 9.17) is 28.4 Å². The van der Waals surface area contributed by atoms with Gasteiger partial charge < -0.3 is 43.5 Å². The van der Waals surface area contributed by atoms with Gasteiger partial charge in [-0.2, -0.15) is 4.99 Å². The Morgan fingerprint density at radius 2 is 1.73 bits per heavy atom. The van der Waals surface area contributed by atoms with Crippen LogP contribution in [0.1, 0.15) is 80.2 Å². The number of likely N-dealkylation sites (N-methyl/N-ethyl adjacent to an activating group) is 1. The molecule has 1 aromatic rings. The summed E-state index contributed by atoms with van der Waals surface area (Å²) in [5.74, 6) is -4.79. The number of esters is 1. The molecule has 2 bridgehead atoms. The summed E-state index contributed by atoms with van der Waals surface area (Å²) in [6, 6.07) is 9.49. The smallest absolute Gasteiger partial charge is 0.433 e. The maximum atomic E-state index is 14.5. The first kappa shape index (κ1) is 45.4. The lowest BCUT2D eigenvalue weighted by Gasteiger charge is -2.47. The highest BCUT2D eigenvalue weighted by atomic mass is 16.7. The lowest BCUT2D eigenvalue weighted by molar-refractivity contribution is -0.296. The van der Waals surface area contributed by atoms with Gasteiger partial charge in [-0.15, -0.1) is 0 Å². The van der Waals surface area contributed by atoms with Crippen molar-refractivity contribution in [2.45, 2.75) is 129 Å². The SMILES string of the molecule is CC[C@@H]1OC(=O)[C@H](C)C(=O)[C@H](C)C(O[C@@H]2O[C@H](C)C[C@H](N(C)C)C2O)[C@@]2(C)CC(C)/C(=N\C(=O)OC)C(C)C(OC/C(=C/C=C/c3ccccc3)CO2)[C@]1(C)O. The molecule has 0 radical (unpaired) electrons. The Labute approximate surface area is 332 Å². The summed E-state index contributed by atoms with van der Waals surface area (Å²) >= 11 is 0. The van der Waals surface area contributed by atoms with Gasteiger partial charge in [-0.1, -0.05) is 76.3 Å². The molecule has 5 unspecified atom stereocenters. The molecular formula is C43H64N2O11. The van der Waals surface area contributed by atoms with E-state index in [1.54, 1.807) is 13.8 Å². The number of Topliss-reactive ketones (excluding diaryl/α,β-unsaturated/α-hetero) is 1. The number of fused-ring (bicyclic) bond motifs is 5. The van der Waals surface area contributed by atoms with Gasteiger partial charge in [-0.25, -0.2) is 4.79 Å². The van der Waals surface area contributed by atoms with E-state index in [1.807, 2.05) is 95.3 Å². The fraction of sp³-hybridized carbons (Fsp3) is 0.674. The first-order chi connectivity index (χ1) is 26.3. The Hall–Kier alpha value is -3.30. The molecule has 3 aliphatic heterocycles. The summed E-state index contributed by atoms with van der Waals surface area (Å²) < 4.78 is 37.6. The number of benzene rings is 1. The Morgan fingerprint density at radius 1 is 1.05 bits per heavy atom. The van der Waals surface area contributed by atoms with Crippen molar-refractivity contribution < 1.29 is 53.0 Å². The van der Waals surface area contributed by atoms with Crippen molar-refractivity contribution in [2.75, 3.05) is 34.4 Å². The number of carbonyl (C=O) groups is 3. The third-order valence-corrected chi connectivity index (χ3v) is 11.7. The highest BCUT2D eigenvalue weighted by Gasteiger charge is 2.53. The number of ketones is 1. The molecule has 2 N–H and O–H groups in total. The van der Waals surface area contributed by atoms with Crippen molar-refractivity contribution in [1.29, 1.82) is 0 Å². The van der Waals surface area contributed by atoms with Crippen LogP contribution in [0.3, 0.4) is 0 Å². The Morgan fingerprint density at radius 3 is 2.36 bits per heavy atom. The molecule has 13 heteroatoms. The zero-order chi connectivity index (χ0) is 41.5. The highest BCUT2D eigenvalue weighted by Crippen LogP contribution is 2.40. The van der Waals surface area contributed by atoms with Gasteiger partial charge in [0.2, 0.25) is 0 Å². The van der Waals surface area contributed by atoms with Gasteiger partial charge in [0.05, 0.1) is 44.2 Å². The van der Waals surface area contributed by atoms with Gasteiger partial charge in [0.25, 0.3) is 0 Å². The largest absolute Gasteiger partial charge is 0.459 e. The number of ether oxygens (including phenoxy) is 6. The van der Waals surface area contributed by atoms with Crippen molar-refractivity contribution in [3.05, 3.63) is 53.6 Å². The first-order valence-electron chi connectivity index (χ1n) is 19.8. The summed E-state index contributed by atoms with van der Waals surface area (Å²) in [6.45, 7) is 13.9. The number of nitrogens with zero attached hydrogens (tertiary/aromatic N) is 2. The zero-order valence-corrected chi connectivity index (χ0v) is 35.0. The van der Waals surface area contributed by atoms with Crippen LogP contribution >= 0.6 is 0 Å². The molecule has 0 saturated carbocycles. The van der Waals surface area contributed by atoms with Crippen LogP contribution < -0.4 is 0 Å². The van der Waals surface area contributed by atoms with Crippen LogP contribution in [-0.2, 0) is 38.0 Å². The molecule has 13 nitrogen and oxygen atoms in total. The summed E-state index contributed by atoms with van der Waals surface area (Å²) in [7, 11) is 4.98. The lowest BCUT2D eigenvalue weighted by Crippen LogP contribution is -2.60. The molecule has 0 spiro atoms. The fourth-order valence-electron chi connectivity index (χ4n) is 8.50. The summed E-state index contributed by atoms with van der Waals surface area (Å²) in [6.07, 6.45) is -0.00178. The van der Waals surface area contributed by atoms with Crippen LogP contribution in [-0.4, -0.2) is 127 Å². The van der Waals surface area contributed by atoms with Crippen LogP contribution in [0.25, 0.3) is 6.08 Å². The summed E-state index contributed by atoms with van der Waals surface area (Å²) in [5.41, 5.74) is -1.13. The molecule has 1 aromatic carbocycles. The van der Waals surface area contributed by atoms with Crippen LogP contribution in [0.5, 0.6) is 0 Å². The molecule has 0 aromatic heterocycles. The van der Waals surface area contributed by atoms with Gasteiger partial charge >= 0.3 is 12.1 Å². The highest BCUT2D eigenvalue weighted by molar-refractivity contribution is 6.00. The monoisotopic (exact) mass is 784 g/mol. The number of carbonyl (C=O) groups excluding carboxylic acids is 3. The molecule has 56 heavy (non-hydrogen) atoms. The molecule has 3 saturated heterocycles. The Kier molecular flexibility index (Phi) is 15.8. The van der Waals surface area contributed by atoms with Gasteiger partial charge in [-0.05, 0) is 78.1 Å². The maximum absolute atomic E-state index is 14.5. The number of hydrogen-bond donors (Lipinski definition) is 2. The van der Waals surface area contributed by atoms with Crippen molar-refractivity contribution in [2.24, 2.45) is 28.7 Å². The number of aliphatic hydroxyl groups is 2. The fourth-order valence-corrected chi connectivity index (χ4v) is 8.50. The van der Waals surface area contributed by atoms with E-state index in [1.165, 1.54) is 21.0 Å². The predicted molar refractivity (Wildman–Crippen MR) is 212 cm³/mol. The van der Waals surface area contributed by atoms with Crippen molar-refractivity contribution >= 4 is 29.6 Å². The molecule has 312 valence electrons. The Bertz CT molecular complexity index is 1590. The topological polar surface area (TPSA) is 163 Å². The minimum absolute atomic E-state index is 0.0167. The minimum atomic E-state index is -1.82. The minimum Gasteiger partial charge on any atom is -0.459 e. The van der Waals surface area contributed by atoms with Crippen LogP contribution in [0.2, 0.25) is 0 Å². The van der Waals surface area contributed by atoms with E-state index in [-0.39, 0.29) is 38.2 Å². The molecule has 3 heterocycles. The molecule has 3 fully saturated rings. The van der Waals surface area contributed by atoms with Gasteiger partial charge in [0, 0.05) is 23.6 Å². The van der Waals surface area contributed by atoms with E-state index in [0.29, 0.717) is 17.7 Å². The van der Waals surface area contributed by atoms with E-state index in [9.17, 15) is 24.6 Å². The lowest BCUT2D eigenvalue weighted by atomic mass is 9.73.